The van der Waals surface area contributed by atoms with Gasteiger partial charge in [-0.3, -0.25) is 4.79 Å². The molecule has 27 heavy (non-hydrogen) atoms. The lowest BCUT2D eigenvalue weighted by Crippen LogP contribution is -2.40. The van der Waals surface area contributed by atoms with Crippen LogP contribution in [0, 0.1) is 17.8 Å². The third-order valence-electron chi connectivity index (χ3n) is 5.94. The van der Waals surface area contributed by atoms with Crippen molar-refractivity contribution in [3.63, 3.8) is 0 Å². The summed E-state index contributed by atoms with van der Waals surface area (Å²) < 4.78 is 33.3. The van der Waals surface area contributed by atoms with Crippen molar-refractivity contribution in [2.24, 2.45) is 17.8 Å². The highest BCUT2D eigenvalue weighted by Gasteiger charge is 2.42. The summed E-state index contributed by atoms with van der Waals surface area (Å²) >= 11 is 0. The number of amides is 1. The van der Waals surface area contributed by atoms with E-state index in [9.17, 15) is 13.2 Å². The molecule has 2 bridgehead atoms. The number of fused-ring (bicyclic) bond motifs is 2. The minimum absolute atomic E-state index is 0.0661. The fraction of sp³-hybridized carbons (Fsp3) is 0.450. The highest BCUT2D eigenvalue weighted by Crippen LogP contribution is 2.49. The van der Waals surface area contributed by atoms with Gasteiger partial charge in [-0.2, -0.15) is 0 Å². The molecule has 1 aromatic heterocycles. The van der Waals surface area contributed by atoms with Gasteiger partial charge in [-0.15, -0.1) is 0 Å². The van der Waals surface area contributed by atoms with Gasteiger partial charge in [-0.1, -0.05) is 6.42 Å². The van der Waals surface area contributed by atoms with Gasteiger partial charge in [-0.25, -0.2) is 13.1 Å². The van der Waals surface area contributed by atoms with E-state index in [4.69, 9.17) is 4.42 Å². The predicted molar refractivity (Wildman–Crippen MR) is 102 cm³/mol. The quantitative estimate of drug-likeness (QED) is 0.791. The maximum atomic E-state index is 12.7. The molecule has 4 atom stereocenters. The molecule has 1 heterocycles. The molecule has 6 nitrogen and oxygen atoms in total. The number of hydrogen-bond donors (Lipinski definition) is 2. The third kappa shape index (κ3) is 3.80. The zero-order valence-electron chi connectivity index (χ0n) is 15.2. The van der Waals surface area contributed by atoms with Crippen molar-refractivity contribution in [2.45, 2.75) is 43.5 Å². The molecule has 2 aliphatic carbocycles. The molecular formula is C20H24N2O4S. The van der Waals surface area contributed by atoms with Crippen molar-refractivity contribution in [2.75, 3.05) is 5.32 Å². The first-order valence-electron chi connectivity index (χ1n) is 9.39. The van der Waals surface area contributed by atoms with Crippen LogP contribution >= 0.6 is 0 Å². The summed E-state index contributed by atoms with van der Waals surface area (Å²) in [5.41, 5.74) is 0.511. The molecule has 0 aliphatic heterocycles. The second-order valence-corrected chi connectivity index (χ2v) is 9.42. The molecule has 2 fully saturated rings. The standard InChI is InChI=1S/C20H24N2O4S/c1-13(18-12-14-4-5-15(18)11-14)22-27(24,25)17-8-6-16(7-9-17)21-20(23)19-3-2-10-26-19/h2-3,6-10,13-15,18,22H,4-5,11-12H2,1H3,(H,21,23)/t13-,14-,15-,18+/m0/s1. The number of furan rings is 1. The molecule has 144 valence electrons. The second-order valence-electron chi connectivity index (χ2n) is 7.70. The number of carbonyl (C=O) groups is 1. The van der Waals surface area contributed by atoms with E-state index in [1.165, 1.54) is 37.7 Å². The minimum Gasteiger partial charge on any atom is -0.459 e. The molecule has 2 aliphatic rings. The Morgan fingerprint density at radius 1 is 1.15 bits per heavy atom. The number of benzene rings is 1. The molecule has 7 heteroatoms. The van der Waals surface area contributed by atoms with Crippen molar-refractivity contribution in [1.29, 1.82) is 0 Å². The van der Waals surface area contributed by atoms with Crippen LogP contribution in [-0.2, 0) is 10.0 Å². The van der Waals surface area contributed by atoms with Crippen LogP contribution in [0.5, 0.6) is 0 Å². The van der Waals surface area contributed by atoms with Crippen LogP contribution < -0.4 is 10.0 Å². The van der Waals surface area contributed by atoms with E-state index in [1.54, 1.807) is 24.3 Å². The van der Waals surface area contributed by atoms with Gasteiger partial charge in [0.1, 0.15) is 0 Å². The lowest BCUT2D eigenvalue weighted by molar-refractivity contribution is 0.0996. The van der Waals surface area contributed by atoms with E-state index in [2.05, 4.69) is 10.0 Å². The van der Waals surface area contributed by atoms with E-state index < -0.39 is 10.0 Å². The van der Waals surface area contributed by atoms with Crippen LogP contribution in [0.15, 0.2) is 52.0 Å². The molecule has 4 rings (SSSR count). The monoisotopic (exact) mass is 388 g/mol. The molecule has 2 N–H and O–H groups in total. The Morgan fingerprint density at radius 3 is 2.52 bits per heavy atom. The first-order valence-corrected chi connectivity index (χ1v) is 10.9. The maximum Gasteiger partial charge on any atom is 0.291 e. The van der Waals surface area contributed by atoms with E-state index in [1.807, 2.05) is 6.92 Å². The first kappa shape index (κ1) is 18.3. The molecule has 2 saturated carbocycles. The molecule has 0 spiro atoms. The van der Waals surface area contributed by atoms with Crippen LogP contribution in [0.25, 0.3) is 0 Å². The van der Waals surface area contributed by atoms with E-state index in [0.29, 0.717) is 17.5 Å². The smallest absolute Gasteiger partial charge is 0.291 e. The topological polar surface area (TPSA) is 88.4 Å². The van der Waals surface area contributed by atoms with Crippen molar-refractivity contribution in [1.82, 2.24) is 4.72 Å². The molecule has 0 radical (unpaired) electrons. The van der Waals surface area contributed by atoms with Gasteiger partial charge in [0, 0.05) is 11.7 Å². The van der Waals surface area contributed by atoms with Gasteiger partial charge in [0.05, 0.1) is 11.2 Å². The third-order valence-corrected chi connectivity index (χ3v) is 7.52. The summed E-state index contributed by atoms with van der Waals surface area (Å²) in [6, 6.07) is 9.31. The Morgan fingerprint density at radius 2 is 1.93 bits per heavy atom. The minimum atomic E-state index is -3.58. The average molecular weight is 388 g/mol. The lowest BCUT2D eigenvalue weighted by atomic mass is 9.84. The zero-order chi connectivity index (χ0) is 19.0. The highest BCUT2D eigenvalue weighted by atomic mass is 32.2. The highest BCUT2D eigenvalue weighted by molar-refractivity contribution is 7.89. The fourth-order valence-corrected chi connectivity index (χ4v) is 5.92. The zero-order valence-corrected chi connectivity index (χ0v) is 16.0. The van der Waals surface area contributed by atoms with Crippen LogP contribution in [0.3, 0.4) is 0 Å². The Balaban J connectivity index is 1.40. The Bertz CT molecular complexity index is 906. The summed E-state index contributed by atoms with van der Waals surface area (Å²) in [6.07, 6.45) is 6.33. The summed E-state index contributed by atoms with van der Waals surface area (Å²) in [5.74, 6) is 1.70. The van der Waals surface area contributed by atoms with Gasteiger partial charge in [0.2, 0.25) is 10.0 Å². The van der Waals surface area contributed by atoms with Gasteiger partial charge >= 0.3 is 0 Å². The SMILES string of the molecule is C[C@H](NS(=O)(=O)c1ccc(NC(=O)c2ccco2)cc1)[C@H]1C[C@H]2CC[C@H]1C2. The Kier molecular flexibility index (Phi) is 4.82. The molecule has 2 aromatic rings. The molecule has 1 aromatic carbocycles. The molecular weight excluding hydrogens is 364 g/mol. The second kappa shape index (κ2) is 7.13. The first-order chi connectivity index (χ1) is 12.9. The fourth-order valence-electron chi connectivity index (χ4n) is 4.62. The van der Waals surface area contributed by atoms with Crippen LogP contribution in [0.4, 0.5) is 5.69 Å². The van der Waals surface area contributed by atoms with Gasteiger partial charge in [-0.05, 0) is 80.3 Å². The van der Waals surface area contributed by atoms with Crippen molar-refractivity contribution in [3.8, 4) is 0 Å². The maximum absolute atomic E-state index is 12.7. The van der Waals surface area contributed by atoms with E-state index in [0.717, 1.165) is 12.3 Å². The van der Waals surface area contributed by atoms with Crippen LogP contribution in [0.1, 0.15) is 43.2 Å². The van der Waals surface area contributed by atoms with Crippen molar-refractivity contribution < 1.29 is 17.6 Å². The lowest BCUT2D eigenvalue weighted by Gasteiger charge is -2.28. The van der Waals surface area contributed by atoms with Crippen molar-refractivity contribution >= 4 is 21.6 Å². The molecule has 0 saturated heterocycles. The summed E-state index contributed by atoms with van der Waals surface area (Å²) in [5, 5.41) is 2.68. The number of hydrogen-bond acceptors (Lipinski definition) is 4. The number of carbonyl (C=O) groups excluding carboxylic acids is 1. The van der Waals surface area contributed by atoms with Crippen LogP contribution in [-0.4, -0.2) is 20.4 Å². The Labute approximate surface area is 159 Å². The molecule has 0 unspecified atom stereocenters. The number of nitrogens with one attached hydrogen (secondary N) is 2. The van der Waals surface area contributed by atoms with Crippen molar-refractivity contribution in [3.05, 3.63) is 48.4 Å². The van der Waals surface area contributed by atoms with Gasteiger partial charge in [0.25, 0.3) is 5.91 Å². The normalized spacial score (nSPS) is 25.4. The summed E-state index contributed by atoms with van der Waals surface area (Å²) in [6.45, 7) is 1.97. The van der Waals surface area contributed by atoms with Gasteiger partial charge in [0.15, 0.2) is 5.76 Å². The number of sulfonamides is 1. The summed E-state index contributed by atoms with van der Waals surface area (Å²) in [4.78, 5) is 12.2. The number of anilines is 1. The van der Waals surface area contributed by atoms with E-state index >= 15 is 0 Å². The summed E-state index contributed by atoms with van der Waals surface area (Å²) in [7, 11) is -3.58. The predicted octanol–water partition coefficient (Wildman–Crippen LogP) is 3.63. The largest absolute Gasteiger partial charge is 0.459 e. The van der Waals surface area contributed by atoms with E-state index in [-0.39, 0.29) is 22.6 Å². The Hall–Kier alpha value is -2.12. The van der Waals surface area contributed by atoms with Crippen LogP contribution in [0.2, 0.25) is 0 Å². The molecule has 1 amide bonds. The average Bonchev–Trinajstić information content (AvgIpc) is 3.39. The van der Waals surface area contributed by atoms with Gasteiger partial charge < -0.3 is 9.73 Å². The number of rotatable bonds is 6.